The SMILES string of the molecule is CCCC(C)(N)C(=O)N1CCN(c2ncnc3c2cnn3C)CC1. The van der Waals surface area contributed by atoms with Gasteiger partial charge in [0.2, 0.25) is 5.91 Å². The molecule has 8 nitrogen and oxygen atoms in total. The van der Waals surface area contributed by atoms with Gasteiger partial charge in [-0.1, -0.05) is 13.3 Å². The summed E-state index contributed by atoms with van der Waals surface area (Å²) >= 11 is 0. The van der Waals surface area contributed by atoms with Crippen molar-refractivity contribution in [1.29, 1.82) is 0 Å². The number of amides is 1. The third kappa shape index (κ3) is 2.93. The minimum absolute atomic E-state index is 0.0400. The molecule has 1 aliphatic rings. The fraction of sp³-hybridized carbons (Fsp3) is 0.625. The van der Waals surface area contributed by atoms with Gasteiger partial charge < -0.3 is 15.5 Å². The number of rotatable bonds is 4. The van der Waals surface area contributed by atoms with Gasteiger partial charge in [-0.2, -0.15) is 5.10 Å². The summed E-state index contributed by atoms with van der Waals surface area (Å²) in [6, 6.07) is 0. The lowest BCUT2D eigenvalue weighted by Crippen LogP contribution is -2.58. The van der Waals surface area contributed by atoms with Gasteiger partial charge in [-0.25, -0.2) is 9.97 Å². The van der Waals surface area contributed by atoms with Crippen LogP contribution in [0.4, 0.5) is 5.82 Å². The number of hydrogen-bond donors (Lipinski definition) is 1. The normalized spacial score (nSPS) is 18.0. The molecule has 3 rings (SSSR count). The maximum atomic E-state index is 12.6. The number of aryl methyl sites for hydroxylation is 1. The highest BCUT2D eigenvalue weighted by atomic mass is 16.2. The quantitative estimate of drug-likeness (QED) is 0.878. The Morgan fingerprint density at radius 3 is 2.67 bits per heavy atom. The lowest BCUT2D eigenvalue weighted by Gasteiger charge is -2.39. The molecule has 0 spiro atoms. The monoisotopic (exact) mass is 331 g/mol. The summed E-state index contributed by atoms with van der Waals surface area (Å²) in [5.41, 5.74) is 6.23. The van der Waals surface area contributed by atoms with E-state index in [1.165, 1.54) is 0 Å². The Bertz CT molecular complexity index is 731. The minimum atomic E-state index is -0.775. The highest BCUT2D eigenvalue weighted by molar-refractivity contribution is 5.88. The molecule has 0 aromatic carbocycles. The van der Waals surface area contributed by atoms with Crippen molar-refractivity contribution in [2.45, 2.75) is 32.2 Å². The zero-order valence-electron chi connectivity index (χ0n) is 14.6. The summed E-state index contributed by atoms with van der Waals surface area (Å²) in [4.78, 5) is 25.4. The van der Waals surface area contributed by atoms with Crippen molar-refractivity contribution in [3.63, 3.8) is 0 Å². The summed E-state index contributed by atoms with van der Waals surface area (Å²) in [7, 11) is 1.87. The van der Waals surface area contributed by atoms with Gasteiger partial charge in [0.25, 0.3) is 0 Å². The van der Waals surface area contributed by atoms with Crippen LogP contribution >= 0.6 is 0 Å². The Morgan fingerprint density at radius 2 is 2.00 bits per heavy atom. The van der Waals surface area contributed by atoms with Crippen LogP contribution in [0.2, 0.25) is 0 Å². The number of aromatic nitrogens is 4. The Kier molecular flexibility index (Phi) is 4.40. The molecule has 1 unspecified atom stereocenters. The molecular weight excluding hydrogens is 306 g/mol. The second-order valence-corrected chi connectivity index (χ2v) is 6.65. The number of fused-ring (bicyclic) bond motifs is 1. The summed E-state index contributed by atoms with van der Waals surface area (Å²) < 4.78 is 1.74. The summed E-state index contributed by atoms with van der Waals surface area (Å²) in [6.45, 7) is 6.64. The predicted molar refractivity (Wildman–Crippen MR) is 92.6 cm³/mol. The van der Waals surface area contributed by atoms with E-state index in [1.807, 2.05) is 25.8 Å². The summed E-state index contributed by atoms with van der Waals surface area (Å²) in [6.07, 6.45) is 4.96. The average molecular weight is 331 g/mol. The molecule has 2 aromatic heterocycles. The maximum absolute atomic E-state index is 12.6. The lowest BCUT2D eigenvalue weighted by atomic mass is 9.95. The zero-order valence-corrected chi connectivity index (χ0v) is 14.6. The number of carbonyl (C=O) groups is 1. The van der Waals surface area contributed by atoms with Crippen LogP contribution < -0.4 is 10.6 Å². The van der Waals surface area contributed by atoms with Gasteiger partial charge in [-0.05, 0) is 13.3 Å². The highest BCUT2D eigenvalue weighted by Gasteiger charge is 2.33. The van der Waals surface area contributed by atoms with Crippen LogP contribution in [0.25, 0.3) is 11.0 Å². The standard InChI is InChI=1S/C16H25N7O/c1-4-5-16(2,17)15(24)23-8-6-22(7-9-23)14-12-10-20-21(3)13(12)18-11-19-14/h10-11H,4-9,17H2,1-3H3. The van der Waals surface area contributed by atoms with Gasteiger partial charge >= 0.3 is 0 Å². The second-order valence-electron chi connectivity index (χ2n) is 6.65. The molecule has 0 aliphatic carbocycles. The summed E-state index contributed by atoms with van der Waals surface area (Å²) in [5, 5.41) is 5.19. The van der Waals surface area contributed by atoms with Crippen molar-refractivity contribution in [3.8, 4) is 0 Å². The molecule has 2 N–H and O–H groups in total. The molecule has 2 aromatic rings. The van der Waals surface area contributed by atoms with Gasteiger partial charge in [0.1, 0.15) is 12.1 Å². The Labute approximate surface area is 141 Å². The molecule has 0 bridgehead atoms. The molecule has 1 amide bonds. The van der Waals surface area contributed by atoms with Gasteiger partial charge in [-0.3, -0.25) is 9.48 Å². The number of nitrogens with zero attached hydrogens (tertiary/aromatic N) is 6. The first-order chi connectivity index (χ1) is 11.4. The van der Waals surface area contributed by atoms with E-state index in [2.05, 4.69) is 20.0 Å². The molecule has 1 saturated heterocycles. The topological polar surface area (TPSA) is 93.2 Å². The smallest absolute Gasteiger partial charge is 0.242 e. The van der Waals surface area contributed by atoms with E-state index in [-0.39, 0.29) is 5.91 Å². The van der Waals surface area contributed by atoms with E-state index in [9.17, 15) is 4.79 Å². The molecule has 8 heteroatoms. The first-order valence-electron chi connectivity index (χ1n) is 8.40. The molecule has 130 valence electrons. The van der Waals surface area contributed by atoms with Crippen molar-refractivity contribution in [3.05, 3.63) is 12.5 Å². The largest absolute Gasteiger partial charge is 0.352 e. The van der Waals surface area contributed by atoms with E-state index in [4.69, 9.17) is 5.73 Å². The van der Waals surface area contributed by atoms with E-state index in [0.29, 0.717) is 19.5 Å². The van der Waals surface area contributed by atoms with Gasteiger partial charge in [0.15, 0.2) is 5.65 Å². The fourth-order valence-electron chi connectivity index (χ4n) is 3.31. The molecule has 1 fully saturated rings. The molecule has 0 radical (unpaired) electrons. The van der Waals surface area contributed by atoms with Crippen LogP contribution in [0, 0.1) is 0 Å². The van der Waals surface area contributed by atoms with Crippen LogP contribution in [-0.2, 0) is 11.8 Å². The maximum Gasteiger partial charge on any atom is 0.242 e. The van der Waals surface area contributed by atoms with Crippen molar-refractivity contribution in [2.75, 3.05) is 31.1 Å². The third-order valence-electron chi connectivity index (χ3n) is 4.63. The number of carbonyl (C=O) groups excluding carboxylic acids is 1. The first-order valence-corrected chi connectivity index (χ1v) is 8.40. The van der Waals surface area contributed by atoms with Crippen molar-refractivity contribution >= 4 is 22.8 Å². The molecule has 0 saturated carbocycles. The predicted octanol–water partition coefficient (Wildman–Crippen LogP) is 0.529. The van der Waals surface area contributed by atoms with Crippen molar-refractivity contribution < 1.29 is 4.79 Å². The van der Waals surface area contributed by atoms with E-state index >= 15 is 0 Å². The Balaban J connectivity index is 1.72. The lowest BCUT2D eigenvalue weighted by molar-refractivity contribution is -0.137. The van der Waals surface area contributed by atoms with E-state index in [0.717, 1.165) is 36.4 Å². The van der Waals surface area contributed by atoms with Crippen LogP contribution in [0.1, 0.15) is 26.7 Å². The third-order valence-corrected chi connectivity index (χ3v) is 4.63. The molecule has 1 aliphatic heterocycles. The van der Waals surface area contributed by atoms with Crippen molar-refractivity contribution in [2.24, 2.45) is 12.8 Å². The Morgan fingerprint density at radius 1 is 1.29 bits per heavy atom. The second kappa shape index (κ2) is 6.35. The van der Waals surface area contributed by atoms with Gasteiger partial charge in [0.05, 0.1) is 17.1 Å². The zero-order chi connectivity index (χ0) is 17.3. The number of piperazine rings is 1. The molecule has 24 heavy (non-hydrogen) atoms. The van der Waals surface area contributed by atoms with Crippen molar-refractivity contribution in [1.82, 2.24) is 24.6 Å². The van der Waals surface area contributed by atoms with E-state index < -0.39 is 5.54 Å². The van der Waals surface area contributed by atoms with Crippen LogP contribution in [0.3, 0.4) is 0 Å². The molecule has 1 atom stereocenters. The highest BCUT2D eigenvalue weighted by Crippen LogP contribution is 2.24. The average Bonchev–Trinajstić information content (AvgIpc) is 2.96. The van der Waals surface area contributed by atoms with Crippen LogP contribution in [-0.4, -0.2) is 62.3 Å². The van der Waals surface area contributed by atoms with Gasteiger partial charge in [-0.15, -0.1) is 0 Å². The fourth-order valence-corrected chi connectivity index (χ4v) is 3.31. The van der Waals surface area contributed by atoms with Gasteiger partial charge in [0, 0.05) is 33.2 Å². The number of anilines is 1. The van der Waals surface area contributed by atoms with Crippen LogP contribution in [0.5, 0.6) is 0 Å². The number of hydrogen-bond acceptors (Lipinski definition) is 6. The Hall–Kier alpha value is -2.22. The van der Waals surface area contributed by atoms with Crippen LogP contribution in [0.15, 0.2) is 12.5 Å². The summed E-state index contributed by atoms with van der Waals surface area (Å²) in [5.74, 6) is 0.919. The molecule has 3 heterocycles. The molecular formula is C16H25N7O. The number of nitrogens with two attached hydrogens (primary N) is 1. The van der Waals surface area contributed by atoms with E-state index in [1.54, 1.807) is 17.2 Å². The minimum Gasteiger partial charge on any atom is -0.352 e. The first kappa shape index (κ1) is 16.6.